The number of hydrogen-bond donors (Lipinski definition) is 1. The quantitative estimate of drug-likeness (QED) is 0.855. The molecule has 0 unspecified atom stereocenters. The molecule has 1 aromatic carbocycles. The number of nitrogens with one attached hydrogen (secondary N) is 1. The predicted octanol–water partition coefficient (Wildman–Crippen LogP) is 0.216. The van der Waals surface area contributed by atoms with Crippen molar-refractivity contribution in [3.63, 3.8) is 0 Å². The van der Waals surface area contributed by atoms with Crippen molar-refractivity contribution in [1.29, 1.82) is 0 Å². The zero-order valence-corrected chi connectivity index (χ0v) is 12.3. The summed E-state index contributed by atoms with van der Waals surface area (Å²) in [6, 6.07) is 7.82. The highest BCUT2D eigenvalue weighted by atomic mass is 16.5. The van der Waals surface area contributed by atoms with Gasteiger partial charge in [-0.05, 0) is 11.6 Å². The molecule has 116 valence electrons. The standard InChI is InChI=1S/C15H19N5O2/c21-15(10-19-5-7-22-8-6-19)17-9-13-3-1-2-4-14(13)20-12-16-11-18-20/h1-4,11-12H,5-10H2,(H,17,21). The lowest BCUT2D eigenvalue weighted by Crippen LogP contribution is -2.43. The topological polar surface area (TPSA) is 72.3 Å². The lowest BCUT2D eigenvalue weighted by molar-refractivity contribution is -0.123. The maximum absolute atomic E-state index is 12.1. The fourth-order valence-corrected chi connectivity index (χ4v) is 2.43. The summed E-state index contributed by atoms with van der Waals surface area (Å²) in [6.45, 7) is 3.89. The van der Waals surface area contributed by atoms with Gasteiger partial charge in [0.15, 0.2) is 0 Å². The van der Waals surface area contributed by atoms with Crippen LogP contribution in [0.1, 0.15) is 5.56 Å². The van der Waals surface area contributed by atoms with Gasteiger partial charge in [0.2, 0.25) is 5.91 Å². The van der Waals surface area contributed by atoms with Crippen molar-refractivity contribution in [2.24, 2.45) is 0 Å². The summed E-state index contributed by atoms with van der Waals surface area (Å²) < 4.78 is 6.98. The number of hydrogen-bond acceptors (Lipinski definition) is 5. The number of nitrogens with zero attached hydrogens (tertiary/aromatic N) is 4. The molecule has 0 bridgehead atoms. The highest BCUT2D eigenvalue weighted by Crippen LogP contribution is 2.12. The van der Waals surface area contributed by atoms with E-state index in [1.807, 2.05) is 24.3 Å². The van der Waals surface area contributed by atoms with E-state index in [1.165, 1.54) is 6.33 Å². The van der Waals surface area contributed by atoms with Crippen LogP contribution in [0.25, 0.3) is 5.69 Å². The molecule has 3 rings (SSSR count). The normalized spacial score (nSPS) is 15.6. The van der Waals surface area contributed by atoms with Crippen LogP contribution in [-0.4, -0.2) is 58.4 Å². The van der Waals surface area contributed by atoms with Crippen LogP contribution in [0.3, 0.4) is 0 Å². The Kier molecular flexibility index (Phi) is 4.77. The number of morpholine rings is 1. The fraction of sp³-hybridized carbons (Fsp3) is 0.400. The van der Waals surface area contributed by atoms with Gasteiger partial charge < -0.3 is 10.1 Å². The molecule has 0 radical (unpaired) electrons. The summed E-state index contributed by atoms with van der Waals surface area (Å²) >= 11 is 0. The first-order valence-corrected chi connectivity index (χ1v) is 7.32. The first-order valence-electron chi connectivity index (χ1n) is 7.32. The Hall–Kier alpha value is -2.25. The summed E-state index contributed by atoms with van der Waals surface area (Å²) in [4.78, 5) is 18.1. The fourth-order valence-electron chi connectivity index (χ4n) is 2.43. The lowest BCUT2D eigenvalue weighted by atomic mass is 10.2. The third kappa shape index (κ3) is 3.69. The number of benzene rings is 1. The molecule has 1 saturated heterocycles. The average Bonchev–Trinajstić information content (AvgIpc) is 3.08. The molecular formula is C15H19N5O2. The SMILES string of the molecule is O=C(CN1CCOCC1)NCc1ccccc1-n1cncn1. The van der Waals surface area contributed by atoms with Gasteiger partial charge in [-0.3, -0.25) is 9.69 Å². The molecule has 0 atom stereocenters. The number of carbonyl (C=O) groups excluding carboxylic acids is 1. The van der Waals surface area contributed by atoms with Gasteiger partial charge in [-0.1, -0.05) is 18.2 Å². The van der Waals surface area contributed by atoms with Gasteiger partial charge >= 0.3 is 0 Å². The minimum absolute atomic E-state index is 0.0234. The molecule has 0 aliphatic carbocycles. The Labute approximate surface area is 128 Å². The molecule has 0 saturated carbocycles. The molecular weight excluding hydrogens is 282 g/mol. The molecule has 7 heteroatoms. The van der Waals surface area contributed by atoms with Crippen molar-refractivity contribution in [3.8, 4) is 5.69 Å². The second kappa shape index (κ2) is 7.15. The largest absolute Gasteiger partial charge is 0.379 e. The minimum atomic E-state index is 0.0234. The summed E-state index contributed by atoms with van der Waals surface area (Å²) in [5, 5.41) is 7.10. The van der Waals surface area contributed by atoms with E-state index in [-0.39, 0.29) is 5.91 Å². The number of rotatable bonds is 5. The Morgan fingerprint density at radius 1 is 1.27 bits per heavy atom. The molecule has 2 aromatic rings. The van der Waals surface area contributed by atoms with Crippen molar-refractivity contribution >= 4 is 5.91 Å². The van der Waals surface area contributed by atoms with E-state index in [9.17, 15) is 4.79 Å². The van der Waals surface area contributed by atoms with E-state index in [0.717, 1.165) is 24.3 Å². The smallest absolute Gasteiger partial charge is 0.234 e. The molecule has 1 N–H and O–H groups in total. The molecule has 1 amide bonds. The molecule has 1 aromatic heterocycles. The van der Waals surface area contributed by atoms with Gasteiger partial charge in [0.25, 0.3) is 0 Å². The Morgan fingerprint density at radius 2 is 2.09 bits per heavy atom. The summed E-state index contributed by atoms with van der Waals surface area (Å²) in [6.07, 6.45) is 3.14. The van der Waals surface area contributed by atoms with E-state index in [2.05, 4.69) is 20.3 Å². The summed E-state index contributed by atoms with van der Waals surface area (Å²) in [7, 11) is 0. The van der Waals surface area contributed by atoms with Crippen LogP contribution in [-0.2, 0) is 16.1 Å². The maximum atomic E-state index is 12.1. The van der Waals surface area contributed by atoms with Gasteiger partial charge in [0, 0.05) is 19.6 Å². The van der Waals surface area contributed by atoms with E-state index >= 15 is 0 Å². The van der Waals surface area contributed by atoms with Crippen molar-refractivity contribution in [3.05, 3.63) is 42.5 Å². The van der Waals surface area contributed by atoms with Crippen LogP contribution in [0.4, 0.5) is 0 Å². The first kappa shape index (κ1) is 14.7. The third-order valence-corrected chi connectivity index (χ3v) is 3.60. The van der Waals surface area contributed by atoms with E-state index < -0.39 is 0 Å². The number of aromatic nitrogens is 3. The molecule has 0 spiro atoms. The highest BCUT2D eigenvalue weighted by molar-refractivity contribution is 5.78. The second-order valence-electron chi connectivity index (χ2n) is 5.13. The molecule has 2 heterocycles. The second-order valence-corrected chi connectivity index (χ2v) is 5.13. The van der Waals surface area contributed by atoms with E-state index in [0.29, 0.717) is 26.3 Å². The number of amides is 1. The minimum Gasteiger partial charge on any atom is -0.379 e. The van der Waals surface area contributed by atoms with Gasteiger partial charge in [0.1, 0.15) is 12.7 Å². The monoisotopic (exact) mass is 301 g/mol. The molecule has 1 aliphatic rings. The van der Waals surface area contributed by atoms with Crippen molar-refractivity contribution < 1.29 is 9.53 Å². The summed E-state index contributed by atoms with van der Waals surface area (Å²) in [5.74, 6) is 0.0234. The van der Waals surface area contributed by atoms with Crippen LogP contribution in [0.5, 0.6) is 0 Å². The van der Waals surface area contributed by atoms with Crippen LogP contribution in [0.15, 0.2) is 36.9 Å². The van der Waals surface area contributed by atoms with Crippen molar-refractivity contribution in [1.82, 2.24) is 25.0 Å². The maximum Gasteiger partial charge on any atom is 0.234 e. The Bertz CT molecular complexity index is 608. The van der Waals surface area contributed by atoms with Crippen molar-refractivity contribution in [2.45, 2.75) is 6.54 Å². The zero-order chi connectivity index (χ0) is 15.2. The van der Waals surface area contributed by atoms with Crippen LogP contribution in [0.2, 0.25) is 0 Å². The lowest BCUT2D eigenvalue weighted by Gasteiger charge is -2.25. The first-order chi connectivity index (χ1) is 10.8. The predicted molar refractivity (Wildman–Crippen MR) is 80.5 cm³/mol. The highest BCUT2D eigenvalue weighted by Gasteiger charge is 2.14. The van der Waals surface area contributed by atoms with Gasteiger partial charge in [-0.2, -0.15) is 5.10 Å². The van der Waals surface area contributed by atoms with Gasteiger partial charge in [-0.15, -0.1) is 0 Å². The molecule has 1 aliphatic heterocycles. The Morgan fingerprint density at radius 3 is 2.86 bits per heavy atom. The molecule has 7 nitrogen and oxygen atoms in total. The van der Waals surface area contributed by atoms with Gasteiger partial charge in [0.05, 0.1) is 25.4 Å². The third-order valence-electron chi connectivity index (χ3n) is 3.60. The van der Waals surface area contributed by atoms with Crippen LogP contribution in [0, 0.1) is 0 Å². The zero-order valence-electron chi connectivity index (χ0n) is 12.3. The van der Waals surface area contributed by atoms with Gasteiger partial charge in [-0.25, -0.2) is 9.67 Å². The number of carbonyl (C=O) groups is 1. The molecule has 22 heavy (non-hydrogen) atoms. The summed E-state index contributed by atoms with van der Waals surface area (Å²) in [5.41, 5.74) is 1.93. The van der Waals surface area contributed by atoms with E-state index in [4.69, 9.17) is 4.74 Å². The molecule has 1 fully saturated rings. The number of para-hydroxylation sites is 1. The van der Waals surface area contributed by atoms with Crippen LogP contribution >= 0.6 is 0 Å². The van der Waals surface area contributed by atoms with Crippen molar-refractivity contribution in [2.75, 3.05) is 32.8 Å². The van der Waals surface area contributed by atoms with E-state index in [1.54, 1.807) is 11.0 Å². The van der Waals surface area contributed by atoms with Crippen LogP contribution < -0.4 is 5.32 Å². The number of ether oxygens (including phenoxy) is 1. The average molecular weight is 301 g/mol. The Balaban J connectivity index is 1.58.